The molecule has 1 rings (SSSR count). The molecule has 3 heteroatoms. The Labute approximate surface area is 101 Å². The highest BCUT2D eigenvalue weighted by Crippen LogP contribution is 2.20. The molecular weight excluding hydrogens is 291 g/mol. The molecule has 1 fully saturated rings. The molecule has 0 aliphatic carbocycles. The fourth-order valence-corrected chi connectivity index (χ4v) is 2.37. The van der Waals surface area contributed by atoms with Crippen LogP contribution in [0.5, 0.6) is 0 Å². The van der Waals surface area contributed by atoms with Crippen molar-refractivity contribution >= 4 is 22.6 Å². The fraction of sp³-hybridized carbons (Fsp3) is 1.00. The smallest absolute Gasteiger partial charge is 0.159 e. The Balaban J connectivity index is 2.03. The van der Waals surface area contributed by atoms with Crippen LogP contribution in [0.3, 0.4) is 0 Å². The highest BCUT2D eigenvalue weighted by atomic mass is 127. The lowest BCUT2D eigenvalue weighted by atomic mass is 10.2. The predicted octanol–water partition coefficient (Wildman–Crippen LogP) is 3.87. The maximum absolute atomic E-state index is 5.80. The number of alkyl halides is 1. The van der Waals surface area contributed by atoms with Gasteiger partial charge in [-0.1, -0.05) is 48.8 Å². The third kappa shape index (κ3) is 5.51. The maximum Gasteiger partial charge on any atom is 0.159 e. The molecule has 0 amide bonds. The van der Waals surface area contributed by atoms with Gasteiger partial charge in [0.2, 0.25) is 0 Å². The minimum absolute atomic E-state index is 0.0762. The molecule has 0 aromatic heterocycles. The molecule has 0 saturated carbocycles. The van der Waals surface area contributed by atoms with Crippen molar-refractivity contribution in [3.05, 3.63) is 0 Å². The first-order chi connectivity index (χ1) is 6.83. The zero-order chi connectivity index (χ0) is 10.2. The molecule has 0 N–H and O–H groups in total. The minimum Gasteiger partial charge on any atom is -0.353 e. The Morgan fingerprint density at radius 2 is 2.29 bits per heavy atom. The van der Waals surface area contributed by atoms with Crippen LogP contribution in [0.15, 0.2) is 0 Å². The molecule has 84 valence electrons. The van der Waals surface area contributed by atoms with Crippen LogP contribution in [-0.2, 0) is 9.47 Å². The van der Waals surface area contributed by atoms with E-state index in [0.717, 1.165) is 19.4 Å². The van der Waals surface area contributed by atoms with Gasteiger partial charge in [0.1, 0.15) is 4.11 Å². The van der Waals surface area contributed by atoms with Crippen LogP contribution in [0, 0.1) is 0 Å². The molecule has 1 aliphatic heterocycles. The topological polar surface area (TPSA) is 18.5 Å². The highest BCUT2D eigenvalue weighted by molar-refractivity contribution is 14.1. The van der Waals surface area contributed by atoms with Crippen LogP contribution in [0.4, 0.5) is 0 Å². The second-order valence-corrected chi connectivity index (χ2v) is 5.23. The summed E-state index contributed by atoms with van der Waals surface area (Å²) in [4.78, 5) is 0. The van der Waals surface area contributed by atoms with Crippen LogP contribution >= 0.6 is 22.6 Å². The van der Waals surface area contributed by atoms with E-state index < -0.39 is 0 Å². The lowest BCUT2D eigenvalue weighted by Crippen LogP contribution is -2.25. The molecule has 1 heterocycles. The van der Waals surface area contributed by atoms with Crippen molar-refractivity contribution in [2.75, 3.05) is 6.61 Å². The van der Waals surface area contributed by atoms with Gasteiger partial charge in [0.15, 0.2) is 6.29 Å². The van der Waals surface area contributed by atoms with Crippen molar-refractivity contribution in [3.8, 4) is 0 Å². The molecule has 2 unspecified atom stereocenters. The van der Waals surface area contributed by atoms with E-state index in [0.29, 0.717) is 4.11 Å². The van der Waals surface area contributed by atoms with Gasteiger partial charge in [-0.25, -0.2) is 0 Å². The third-order valence-corrected chi connectivity index (χ3v) is 3.39. The van der Waals surface area contributed by atoms with Gasteiger partial charge in [0, 0.05) is 6.61 Å². The van der Waals surface area contributed by atoms with E-state index in [9.17, 15) is 0 Å². The molecule has 0 radical (unpaired) electrons. The summed E-state index contributed by atoms with van der Waals surface area (Å²) in [6, 6.07) is 0. The van der Waals surface area contributed by atoms with E-state index in [1.165, 1.54) is 32.1 Å². The number of ether oxygens (including phenoxy) is 2. The van der Waals surface area contributed by atoms with Crippen LogP contribution in [-0.4, -0.2) is 17.0 Å². The number of rotatable bonds is 6. The number of unbranched alkanes of at least 4 members (excludes halogenated alkanes) is 2. The lowest BCUT2D eigenvalue weighted by Gasteiger charge is -2.25. The van der Waals surface area contributed by atoms with E-state index in [1.807, 2.05) is 0 Å². The van der Waals surface area contributed by atoms with Crippen molar-refractivity contribution in [1.82, 2.24) is 0 Å². The summed E-state index contributed by atoms with van der Waals surface area (Å²) in [5.41, 5.74) is 0. The second kappa shape index (κ2) is 7.88. The summed E-state index contributed by atoms with van der Waals surface area (Å²) in [6.45, 7) is 3.11. The van der Waals surface area contributed by atoms with Crippen molar-refractivity contribution < 1.29 is 9.47 Å². The van der Waals surface area contributed by atoms with Gasteiger partial charge < -0.3 is 9.47 Å². The van der Waals surface area contributed by atoms with Gasteiger partial charge in [-0.2, -0.15) is 0 Å². The zero-order valence-electron chi connectivity index (χ0n) is 9.01. The van der Waals surface area contributed by atoms with Gasteiger partial charge in [-0.3, -0.25) is 0 Å². The summed E-state index contributed by atoms with van der Waals surface area (Å²) in [6.07, 6.45) is 8.63. The quantitative estimate of drug-likeness (QED) is 0.421. The largest absolute Gasteiger partial charge is 0.353 e. The molecule has 2 atom stereocenters. The first-order valence-electron chi connectivity index (χ1n) is 5.74. The zero-order valence-corrected chi connectivity index (χ0v) is 11.2. The second-order valence-electron chi connectivity index (χ2n) is 3.84. The molecular formula is C11H21IO2. The molecule has 0 spiro atoms. The standard InChI is InChI=1S/C11H21IO2/c1-2-3-4-7-10(12)14-11-8-5-6-9-13-11/h10-11H,2-9H2,1H3. The van der Waals surface area contributed by atoms with Crippen LogP contribution in [0.1, 0.15) is 51.9 Å². The number of hydrogen-bond acceptors (Lipinski definition) is 2. The van der Waals surface area contributed by atoms with E-state index in [1.54, 1.807) is 0 Å². The van der Waals surface area contributed by atoms with Gasteiger partial charge in [-0.15, -0.1) is 0 Å². The van der Waals surface area contributed by atoms with Crippen LogP contribution < -0.4 is 0 Å². The van der Waals surface area contributed by atoms with Gasteiger partial charge in [0.25, 0.3) is 0 Å². The van der Waals surface area contributed by atoms with Crippen LogP contribution in [0.2, 0.25) is 0 Å². The fourth-order valence-electron chi connectivity index (χ4n) is 1.61. The van der Waals surface area contributed by atoms with E-state index in [2.05, 4.69) is 29.5 Å². The van der Waals surface area contributed by atoms with Crippen molar-refractivity contribution in [1.29, 1.82) is 0 Å². The van der Waals surface area contributed by atoms with E-state index >= 15 is 0 Å². The Hall–Kier alpha value is 0.650. The molecule has 0 aromatic carbocycles. The minimum atomic E-state index is 0.0762. The summed E-state index contributed by atoms with van der Waals surface area (Å²) in [7, 11) is 0. The van der Waals surface area contributed by atoms with Gasteiger partial charge >= 0.3 is 0 Å². The first-order valence-corrected chi connectivity index (χ1v) is 6.98. The number of halogens is 1. The van der Waals surface area contributed by atoms with E-state index in [4.69, 9.17) is 9.47 Å². The Morgan fingerprint density at radius 1 is 1.43 bits per heavy atom. The highest BCUT2D eigenvalue weighted by Gasteiger charge is 2.17. The Kier molecular flexibility index (Phi) is 7.16. The number of hydrogen-bond donors (Lipinski definition) is 0. The summed E-state index contributed by atoms with van der Waals surface area (Å²) in [5, 5.41) is 0. The molecule has 2 nitrogen and oxygen atoms in total. The van der Waals surface area contributed by atoms with Gasteiger partial charge in [0.05, 0.1) is 0 Å². The Bertz CT molecular complexity index is 135. The van der Waals surface area contributed by atoms with Crippen molar-refractivity contribution in [2.45, 2.75) is 62.3 Å². The molecule has 1 saturated heterocycles. The average molecular weight is 312 g/mol. The summed E-state index contributed by atoms with van der Waals surface area (Å²) >= 11 is 2.38. The maximum atomic E-state index is 5.80. The average Bonchev–Trinajstić information content (AvgIpc) is 2.20. The van der Waals surface area contributed by atoms with Crippen molar-refractivity contribution in [3.63, 3.8) is 0 Å². The normalized spacial score (nSPS) is 24.9. The van der Waals surface area contributed by atoms with E-state index in [-0.39, 0.29) is 6.29 Å². The first kappa shape index (κ1) is 12.7. The van der Waals surface area contributed by atoms with Crippen LogP contribution in [0.25, 0.3) is 0 Å². The molecule has 0 bridgehead atoms. The summed E-state index contributed by atoms with van der Waals surface area (Å²) in [5.74, 6) is 0. The van der Waals surface area contributed by atoms with Crippen molar-refractivity contribution in [2.24, 2.45) is 0 Å². The molecule has 0 aromatic rings. The lowest BCUT2D eigenvalue weighted by molar-refractivity contribution is -0.167. The SMILES string of the molecule is CCCCCC(I)OC1CCCCO1. The Morgan fingerprint density at radius 3 is 2.93 bits per heavy atom. The third-order valence-electron chi connectivity index (χ3n) is 2.47. The van der Waals surface area contributed by atoms with Gasteiger partial charge in [-0.05, 0) is 25.7 Å². The predicted molar refractivity (Wildman–Crippen MR) is 66.6 cm³/mol. The molecule has 14 heavy (non-hydrogen) atoms. The summed E-state index contributed by atoms with van der Waals surface area (Å²) < 4.78 is 11.7. The molecule has 1 aliphatic rings. The monoisotopic (exact) mass is 312 g/mol.